The molecule has 2 aromatic carbocycles. The van der Waals surface area contributed by atoms with Crippen molar-refractivity contribution in [1.29, 1.82) is 0 Å². The van der Waals surface area contributed by atoms with Crippen molar-refractivity contribution >= 4 is 18.2 Å². The van der Waals surface area contributed by atoms with Gasteiger partial charge < -0.3 is 19.2 Å². The molecule has 182 valence electrons. The summed E-state index contributed by atoms with van der Waals surface area (Å²) in [6.07, 6.45) is -0.0770. The lowest BCUT2D eigenvalue weighted by Crippen LogP contribution is -2.50. The summed E-state index contributed by atoms with van der Waals surface area (Å²) in [5, 5.41) is 0. The summed E-state index contributed by atoms with van der Waals surface area (Å²) in [6.45, 7) is 6.19. The van der Waals surface area contributed by atoms with Crippen LogP contribution in [0.2, 0.25) is 0 Å². The fourth-order valence-electron chi connectivity index (χ4n) is 3.83. The number of likely N-dealkylation sites (tertiary alicyclic amines) is 1. The molecule has 0 unspecified atom stereocenters. The Bertz CT molecular complexity index is 964. The number of nitrogens with zero attached hydrogens (tertiary/aromatic N) is 1. The molecule has 1 fully saturated rings. The first-order valence-corrected chi connectivity index (χ1v) is 11.4. The van der Waals surface area contributed by atoms with E-state index in [0.717, 1.165) is 11.1 Å². The molecule has 0 radical (unpaired) electrons. The Kier molecular flexibility index (Phi) is 8.15. The van der Waals surface area contributed by atoms with Gasteiger partial charge in [0.25, 0.3) is 0 Å². The van der Waals surface area contributed by atoms with E-state index in [1.807, 2.05) is 81.4 Å². The Morgan fingerprint density at radius 1 is 0.912 bits per heavy atom. The summed E-state index contributed by atoms with van der Waals surface area (Å²) in [5.74, 6) is -0.558. The molecule has 0 spiro atoms. The zero-order valence-corrected chi connectivity index (χ0v) is 19.9. The van der Waals surface area contributed by atoms with Gasteiger partial charge in [-0.1, -0.05) is 60.7 Å². The van der Waals surface area contributed by atoms with Crippen LogP contribution < -0.4 is 5.48 Å². The molecule has 8 nitrogen and oxygen atoms in total. The third kappa shape index (κ3) is 7.23. The predicted molar refractivity (Wildman–Crippen MR) is 125 cm³/mol. The number of hydroxylamine groups is 1. The van der Waals surface area contributed by atoms with Crippen molar-refractivity contribution in [1.82, 2.24) is 10.4 Å². The summed E-state index contributed by atoms with van der Waals surface area (Å²) in [6, 6.07) is 18.8. The van der Waals surface area contributed by atoms with E-state index in [-0.39, 0.29) is 6.61 Å². The third-order valence-corrected chi connectivity index (χ3v) is 5.63. The quantitative estimate of drug-likeness (QED) is 0.508. The second-order valence-corrected chi connectivity index (χ2v) is 9.46. The average molecular weight is 469 g/mol. The summed E-state index contributed by atoms with van der Waals surface area (Å²) in [5.41, 5.74) is 2.40. The third-order valence-electron chi connectivity index (χ3n) is 5.63. The fourth-order valence-corrected chi connectivity index (χ4v) is 3.83. The molecule has 1 heterocycles. The van der Waals surface area contributed by atoms with Crippen LogP contribution in [0, 0.1) is 5.41 Å². The van der Waals surface area contributed by atoms with Crippen LogP contribution in [0.4, 0.5) is 9.59 Å². The van der Waals surface area contributed by atoms with Gasteiger partial charge >= 0.3 is 18.2 Å². The summed E-state index contributed by atoms with van der Waals surface area (Å²) < 4.78 is 10.6. The Hall–Kier alpha value is -3.55. The minimum Gasteiger partial charge on any atom is -0.444 e. The van der Waals surface area contributed by atoms with Crippen LogP contribution in [0.25, 0.3) is 0 Å². The minimum atomic E-state index is -0.896. The molecule has 2 aromatic rings. The maximum atomic E-state index is 13.2. The van der Waals surface area contributed by atoms with Gasteiger partial charge in [0, 0.05) is 13.1 Å². The van der Waals surface area contributed by atoms with Crippen LogP contribution in [0.5, 0.6) is 0 Å². The van der Waals surface area contributed by atoms with E-state index in [4.69, 9.17) is 14.3 Å². The topological polar surface area (TPSA) is 94.2 Å². The van der Waals surface area contributed by atoms with Crippen molar-refractivity contribution in [3.8, 4) is 0 Å². The molecule has 0 aliphatic carbocycles. The van der Waals surface area contributed by atoms with Crippen molar-refractivity contribution < 1.29 is 28.7 Å². The van der Waals surface area contributed by atoms with Crippen molar-refractivity contribution in [3.63, 3.8) is 0 Å². The summed E-state index contributed by atoms with van der Waals surface area (Å²) >= 11 is 0. The van der Waals surface area contributed by atoms with Gasteiger partial charge in [0.1, 0.15) is 12.2 Å². The number of nitrogens with one attached hydrogen (secondary N) is 1. The van der Waals surface area contributed by atoms with E-state index in [1.165, 1.54) is 0 Å². The fraction of sp³-hybridized carbons (Fsp3) is 0.423. The van der Waals surface area contributed by atoms with Gasteiger partial charge in [0.15, 0.2) is 0 Å². The number of ether oxygens (including phenoxy) is 2. The zero-order chi connectivity index (χ0) is 24.6. The highest BCUT2D eigenvalue weighted by Crippen LogP contribution is 2.37. The molecule has 0 saturated carbocycles. The first kappa shape index (κ1) is 25.1. The standard InChI is InChI=1S/C26H32N2O6/c1-25(2,3)33-24(31)28-16-14-26(15-17-28,18-20-10-6-4-7-11-20)22(29)34-27-23(30)32-19-21-12-8-5-9-13-21/h4-13H,14-19H2,1-3H3,(H,27,30). The van der Waals surface area contributed by atoms with Crippen molar-refractivity contribution in [2.45, 2.75) is 52.2 Å². The first-order valence-electron chi connectivity index (χ1n) is 11.4. The highest BCUT2D eigenvalue weighted by molar-refractivity contribution is 5.79. The molecule has 1 N–H and O–H groups in total. The molecule has 1 aliphatic heterocycles. The Balaban J connectivity index is 1.62. The number of benzene rings is 2. The lowest BCUT2D eigenvalue weighted by atomic mass is 9.74. The van der Waals surface area contributed by atoms with Gasteiger partial charge in [-0.15, -0.1) is 5.48 Å². The molecular formula is C26H32N2O6. The van der Waals surface area contributed by atoms with Crippen molar-refractivity contribution in [2.75, 3.05) is 13.1 Å². The maximum Gasteiger partial charge on any atom is 0.441 e. The zero-order valence-electron chi connectivity index (χ0n) is 19.9. The van der Waals surface area contributed by atoms with Gasteiger partial charge in [-0.25, -0.2) is 14.4 Å². The Morgan fingerprint density at radius 2 is 1.47 bits per heavy atom. The van der Waals surface area contributed by atoms with Crippen LogP contribution in [0.1, 0.15) is 44.7 Å². The number of hydrogen-bond acceptors (Lipinski definition) is 6. The number of rotatable bonds is 5. The van der Waals surface area contributed by atoms with Gasteiger partial charge in [0.2, 0.25) is 0 Å². The van der Waals surface area contributed by atoms with Crippen molar-refractivity contribution in [2.24, 2.45) is 5.41 Å². The molecule has 0 aromatic heterocycles. The Morgan fingerprint density at radius 3 is 2.03 bits per heavy atom. The molecule has 1 saturated heterocycles. The molecule has 0 bridgehead atoms. The summed E-state index contributed by atoms with van der Waals surface area (Å²) in [4.78, 5) is 44.5. The highest BCUT2D eigenvalue weighted by atomic mass is 16.7. The number of carbonyl (C=O) groups excluding carboxylic acids is 3. The number of hydrogen-bond donors (Lipinski definition) is 1. The SMILES string of the molecule is CC(C)(C)OC(=O)N1CCC(Cc2ccccc2)(C(=O)ONC(=O)OCc2ccccc2)CC1. The predicted octanol–water partition coefficient (Wildman–Crippen LogP) is 4.63. The lowest BCUT2D eigenvalue weighted by Gasteiger charge is -2.40. The van der Waals surface area contributed by atoms with E-state index in [2.05, 4.69) is 5.48 Å². The van der Waals surface area contributed by atoms with Crippen LogP contribution in [-0.4, -0.2) is 41.7 Å². The van der Waals surface area contributed by atoms with E-state index in [0.29, 0.717) is 32.4 Å². The van der Waals surface area contributed by atoms with Crippen LogP contribution in [0.3, 0.4) is 0 Å². The average Bonchev–Trinajstić information content (AvgIpc) is 2.82. The van der Waals surface area contributed by atoms with Crippen LogP contribution in [-0.2, 0) is 32.1 Å². The molecule has 1 aliphatic rings. The monoisotopic (exact) mass is 468 g/mol. The van der Waals surface area contributed by atoms with Gasteiger partial charge in [-0.05, 0) is 51.2 Å². The van der Waals surface area contributed by atoms with Crippen LogP contribution in [0.15, 0.2) is 60.7 Å². The molecule has 0 atom stereocenters. The summed E-state index contributed by atoms with van der Waals surface area (Å²) in [7, 11) is 0. The second-order valence-electron chi connectivity index (χ2n) is 9.46. The smallest absolute Gasteiger partial charge is 0.441 e. The minimum absolute atomic E-state index is 0.0598. The van der Waals surface area contributed by atoms with Crippen molar-refractivity contribution in [3.05, 3.63) is 71.8 Å². The highest BCUT2D eigenvalue weighted by Gasteiger charge is 2.45. The van der Waals surface area contributed by atoms with E-state index < -0.39 is 29.2 Å². The van der Waals surface area contributed by atoms with E-state index in [9.17, 15) is 14.4 Å². The second kappa shape index (κ2) is 11.0. The van der Waals surface area contributed by atoms with Crippen LogP contribution >= 0.6 is 0 Å². The Labute approximate surface area is 200 Å². The van der Waals surface area contributed by atoms with E-state index >= 15 is 0 Å². The van der Waals surface area contributed by atoms with E-state index in [1.54, 1.807) is 4.90 Å². The molecule has 8 heteroatoms. The molecule has 3 rings (SSSR count). The number of piperidine rings is 1. The molecule has 34 heavy (non-hydrogen) atoms. The molecular weight excluding hydrogens is 436 g/mol. The molecule has 2 amide bonds. The van der Waals surface area contributed by atoms with Gasteiger partial charge in [0.05, 0.1) is 5.41 Å². The van der Waals surface area contributed by atoms with Gasteiger partial charge in [-0.3, -0.25) is 0 Å². The first-order chi connectivity index (χ1) is 16.2. The largest absolute Gasteiger partial charge is 0.444 e. The maximum absolute atomic E-state index is 13.2. The number of amides is 2. The number of carbonyl (C=O) groups is 3. The normalized spacial score (nSPS) is 15.2. The lowest BCUT2D eigenvalue weighted by molar-refractivity contribution is -0.165. The van der Waals surface area contributed by atoms with Gasteiger partial charge in [-0.2, -0.15) is 0 Å².